The third kappa shape index (κ3) is 1.55. The van der Waals surface area contributed by atoms with E-state index in [1.807, 2.05) is 37.3 Å². The Morgan fingerprint density at radius 1 is 1.20 bits per heavy atom. The first-order valence-electron chi connectivity index (χ1n) is 4.97. The van der Waals surface area contributed by atoms with Crippen LogP contribution in [0, 0.1) is 0 Å². The molecule has 0 saturated carbocycles. The Bertz CT molecular complexity index is 353. The van der Waals surface area contributed by atoms with E-state index in [9.17, 15) is 5.21 Å². The third-order valence-electron chi connectivity index (χ3n) is 2.77. The minimum absolute atomic E-state index is 0.704. The molecule has 1 aromatic carbocycles. The second kappa shape index (κ2) is 3.28. The maximum Gasteiger partial charge on any atom is 0.161 e. The summed E-state index contributed by atoms with van der Waals surface area (Å²) in [7, 11) is 0. The SMILES string of the molecule is CC1(C)ONC(C)(c2ccccc2)N1O. The monoisotopic (exact) mass is 208 g/mol. The van der Waals surface area contributed by atoms with Gasteiger partial charge in [-0.1, -0.05) is 30.3 Å². The number of hydrogen-bond acceptors (Lipinski definition) is 4. The van der Waals surface area contributed by atoms with Crippen molar-refractivity contribution in [2.75, 3.05) is 0 Å². The predicted octanol–water partition coefficient (Wildman–Crippen LogP) is 1.82. The largest absolute Gasteiger partial charge is 0.309 e. The molecule has 1 heterocycles. The van der Waals surface area contributed by atoms with Gasteiger partial charge in [-0.15, -0.1) is 5.06 Å². The molecule has 4 heteroatoms. The van der Waals surface area contributed by atoms with E-state index in [-0.39, 0.29) is 0 Å². The summed E-state index contributed by atoms with van der Waals surface area (Å²) >= 11 is 0. The van der Waals surface area contributed by atoms with Crippen LogP contribution in [0.3, 0.4) is 0 Å². The lowest BCUT2D eigenvalue weighted by Gasteiger charge is -2.32. The van der Waals surface area contributed by atoms with Crippen LogP contribution in [0.25, 0.3) is 0 Å². The molecule has 15 heavy (non-hydrogen) atoms. The van der Waals surface area contributed by atoms with Crippen molar-refractivity contribution in [1.29, 1.82) is 0 Å². The van der Waals surface area contributed by atoms with Gasteiger partial charge in [0, 0.05) is 0 Å². The minimum atomic E-state index is -0.732. The molecule has 2 rings (SSSR count). The van der Waals surface area contributed by atoms with E-state index < -0.39 is 11.4 Å². The van der Waals surface area contributed by atoms with E-state index in [4.69, 9.17) is 4.84 Å². The van der Waals surface area contributed by atoms with Crippen LogP contribution in [0.4, 0.5) is 0 Å². The van der Waals surface area contributed by atoms with Gasteiger partial charge in [-0.3, -0.25) is 4.84 Å². The molecule has 0 aliphatic carbocycles. The van der Waals surface area contributed by atoms with Crippen molar-refractivity contribution in [1.82, 2.24) is 10.5 Å². The summed E-state index contributed by atoms with van der Waals surface area (Å²) in [6.07, 6.45) is 0. The van der Waals surface area contributed by atoms with Crippen molar-refractivity contribution in [2.24, 2.45) is 0 Å². The van der Waals surface area contributed by atoms with Gasteiger partial charge in [-0.25, -0.2) is 0 Å². The average molecular weight is 208 g/mol. The van der Waals surface area contributed by atoms with E-state index in [1.165, 1.54) is 5.06 Å². The fraction of sp³-hybridized carbons (Fsp3) is 0.455. The Balaban J connectivity index is 2.38. The lowest BCUT2D eigenvalue weighted by molar-refractivity contribution is -0.239. The summed E-state index contributed by atoms with van der Waals surface area (Å²) in [5, 5.41) is 11.3. The summed E-state index contributed by atoms with van der Waals surface area (Å²) in [6, 6.07) is 9.69. The van der Waals surface area contributed by atoms with Crippen LogP contribution in [0.2, 0.25) is 0 Å². The van der Waals surface area contributed by atoms with Gasteiger partial charge in [0.25, 0.3) is 0 Å². The number of rotatable bonds is 1. The van der Waals surface area contributed by atoms with Crippen molar-refractivity contribution < 1.29 is 10.0 Å². The minimum Gasteiger partial charge on any atom is -0.309 e. The number of hydroxylamine groups is 3. The van der Waals surface area contributed by atoms with Crippen LogP contribution in [0.15, 0.2) is 30.3 Å². The highest BCUT2D eigenvalue weighted by atomic mass is 16.7. The molecule has 0 bridgehead atoms. The first-order chi connectivity index (χ1) is 6.97. The first-order valence-corrected chi connectivity index (χ1v) is 4.97. The van der Waals surface area contributed by atoms with Gasteiger partial charge in [-0.05, 0) is 26.3 Å². The summed E-state index contributed by atoms with van der Waals surface area (Å²) in [5.74, 6) is 0. The summed E-state index contributed by atoms with van der Waals surface area (Å²) in [6.45, 7) is 5.47. The molecule has 1 aliphatic heterocycles. The fourth-order valence-corrected chi connectivity index (χ4v) is 1.79. The lowest BCUT2D eigenvalue weighted by Crippen LogP contribution is -2.48. The van der Waals surface area contributed by atoms with Crippen molar-refractivity contribution in [3.63, 3.8) is 0 Å². The molecule has 0 amide bonds. The normalized spacial score (nSPS) is 30.7. The molecule has 1 atom stereocenters. The van der Waals surface area contributed by atoms with Gasteiger partial charge < -0.3 is 5.21 Å². The number of nitrogens with zero attached hydrogens (tertiary/aromatic N) is 1. The zero-order valence-corrected chi connectivity index (χ0v) is 9.19. The topological polar surface area (TPSA) is 44.7 Å². The Labute approximate surface area is 89.4 Å². The van der Waals surface area contributed by atoms with E-state index in [0.717, 1.165) is 5.56 Å². The summed E-state index contributed by atoms with van der Waals surface area (Å²) < 4.78 is 0. The molecule has 1 aliphatic rings. The Morgan fingerprint density at radius 3 is 2.27 bits per heavy atom. The molecule has 0 spiro atoms. The summed E-state index contributed by atoms with van der Waals surface area (Å²) in [5.41, 5.74) is 2.39. The van der Waals surface area contributed by atoms with Crippen LogP contribution in [-0.4, -0.2) is 16.0 Å². The first kappa shape index (κ1) is 10.6. The highest BCUT2D eigenvalue weighted by Gasteiger charge is 2.49. The molecular formula is C11H16N2O2. The molecule has 82 valence electrons. The Kier molecular flexibility index (Phi) is 2.31. The molecule has 4 nitrogen and oxygen atoms in total. The highest BCUT2D eigenvalue weighted by molar-refractivity contribution is 5.23. The van der Waals surface area contributed by atoms with E-state index in [2.05, 4.69) is 5.48 Å². The fourth-order valence-electron chi connectivity index (χ4n) is 1.79. The lowest BCUT2D eigenvalue weighted by atomic mass is 10.0. The van der Waals surface area contributed by atoms with Gasteiger partial charge in [0.15, 0.2) is 5.72 Å². The second-order valence-corrected chi connectivity index (χ2v) is 4.40. The van der Waals surface area contributed by atoms with Crippen LogP contribution < -0.4 is 5.48 Å². The molecule has 2 N–H and O–H groups in total. The van der Waals surface area contributed by atoms with Crippen molar-refractivity contribution >= 4 is 0 Å². The van der Waals surface area contributed by atoms with Gasteiger partial charge in [0.05, 0.1) is 0 Å². The van der Waals surface area contributed by atoms with Crippen molar-refractivity contribution in [3.8, 4) is 0 Å². The molecular weight excluding hydrogens is 192 g/mol. The molecule has 1 saturated heterocycles. The van der Waals surface area contributed by atoms with E-state index in [0.29, 0.717) is 0 Å². The van der Waals surface area contributed by atoms with E-state index >= 15 is 0 Å². The van der Waals surface area contributed by atoms with Gasteiger partial charge >= 0.3 is 0 Å². The zero-order valence-electron chi connectivity index (χ0n) is 9.19. The second-order valence-electron chi connectivity index (χ2n) is 4.40. The van der Waals surface area contributed by atoms with Crippen LogP contribution in [0.5, 0.6) is 0 Å². The van der Waals surface area contributed by atoms with Crippen LogP contribution in [0.1, 0.15) is 26.3 Å². The maximum absolute atomic E-state index is 10.1. The van der Waals surface area contributed by atoms with Crippen LogP contribution >= 0.6 is 0 Å². The number of nitrogens with one attached hydrogen (secondary N) is 1. The molecule has 1 unspecified atom stereocenters. The van der Waals surface area contributed by atoms with E-state index in [1.54, 1.807) is 13.8 Å². The standard InChI is InChI=1S/C11H16N2O2/c1-10(2)13(14)11(3,12-15-10)9-7-5-4-6-8-9/h4-8,12,14H,1-3H3. The molecule has 1 aromatic rings. The predicted molar refractivity (Wildman–Crippen MR) is 55.7 cm³/mol. The van der Waals surface area contributed by atoms with Crippen LogP contribution in [-0.2, 0) is 10.5 Å². The summed E-state index contributed by atoms with van der Waals surface area (Å²) in [4.78, 5) is 5.35. The molecule has 1 fully saturated rings. The molecule has 0 radical (unpaired) electrons. The number of hydrogen-bond donors (Lipinski definition) is 2. The highest BCUT2D eigenvalue weighted by Crippen LogP contribution is 2.35. The zero-order chi connectivity index (χ0) is 11.1. The van der Waals surface area contributed by atoms with Gasteiger partial charge in [0.1, 0.15) is 5.66 Å². The van der Waals surface area contributed by atoms with Gasteiger partial charge in [0.2, 0.25) is 0 Å². The third-order valence-corrected chi connectivity index (χ3v) is 2.77. The number of benzene rings is 1. The maximum atomic E-state index is 10.1. The molecule has 0 aromatic heterocycles. The van der Waals surface area contributed by atoms with Crippen molar-refractivity contribution in [3.05, 3.63) is 35.9 Å². The quantitative estimate of drug-likeness (QED) is 0.739. The Morgan fingerprint density at radius 2 is 1.80 bits per heavy atom. The van der Waals surface area contributed by atoms with Gasteiger partial charge in [-0.2, -0.15) is 5.48 Å². The van der Waals surface area contributed by atoms with Crippen molar-refractivity contribution in [2.45, 2.75) is 32.2 Å². The smallest absolute Gasteiger partial charge is 0.161 e. The Hall–Kier alpha value is -0.940. The average Bonchev–Trinajstić information content (AvgIpc) is 2.45.